The number of hydrogen-bond donors (Lipinski definition) is 1. The number of amides is 1. The summed E-state index contributed by atoms with van der Waals surface area (Å²) in [5, 5.41) is 3.13. The van der Waals surface area contributed by atoms with Crippen molar-refractivity contribution < 1.29 is 14.3 Å². The summed E-state index contributed by atoms with van der Waals surface area (Å²) >= 11 is 0. The molecule has 4 heteroatoms. The maximum Gasteiger partial charge on any atom is 0.302 e. The molecule has 0 heterocycles. The van der Waals surface area contributed by atoms with E-state index in [9.17, 15) is 9.59 Å². The Morgan fingerprint density at radius 1 is 1.07 bits per heavy atom. The van der Waals surface area contributed by atoms with E-state index in [4.69, 9.17) is 4.74 Å². The normalized spacial score (nSPS) is 41.8. The standard InChI is InChI=1S/C25H37NO3/c1-15(26-16(2)27)21-8-9-22-20-7-6-18-14-19(29-17(3)28)10-12-24(18,4)23(20)11-13-25(21,22)5/h6,8,15,19-20,22-23H,7,9-14H2,1-5H3,(H,26,27)/t15?,19-,20-,22-,23-,24-,25+/m0/s1. The van der Waals surface area contributed by atoms with Gasteiger partial charge in [0.15, 0.2) is 0 Å². The van der Waals surface area contributed by atoms with Gasteiger partial charge in [-0.3, -0.25) is 9.59 Å². The zero-order valence-electron chi connectivity index (χ0n) is 18.7. The highest BCUT2D eigenvalue weighted by Gasteiger charge is 2.57. The van der Waals surface area contributed by atoms with E-state index in [2.05, 4.69) is 38.2 Å². The number of rotatable bonds is 3. The van der Waals surface area contributed by atoms with Gasteiger partial charge in [-0.15, -0.1) is 0 Å². The van der Waals surface area contributed by atoms with Crippen molar-refractivity contribution >= 4 is 11.9 Å². The molecule has 0 aromatic rings. The molecule has 2 saturated carbocycles. The average Bonchev–Trinajstić information content (AvgIpc) is 2.98. The minimum absolute atomic E-state index is 0.0569. The Morgan fingerprint density at radius 3 is 2.48 bits per heavy atom. The van der Waals surface area contributed by atoms with Crippen LogP contribution in [-0.4, -0.2) is 24.0 Å². The van der Waals surface area contributed by atoms with E-state index in [1.165, 1.54) is 30.9 Å². The molecule has 0 aliphatic heterocycles. The van der Waals surface area contributed by atoms with Gasteiger partial charge in [-0.1, -0.05) is 31.6 Å². The predicted molar refractivity (Wildman–Crippen MR) is 114 cm³/mol. The minimum Gasteiger partial charge on any atom is -0.462 e. The third-order valence-corrected chi connectivity index (χ3v) is 8.92. The number of fused-ring (bicyclic) bond motifs is 5. The molecule has 4 rings (SSSR count). The molecule has 1 amide bonds. The van der Waals surface area contributed by atoms with Crippen LogP contribution in [0.2, 0.25) is 0 Å². The fraction of sp³-hybridized carbons (Fsp3) is 0.760. The molecule has 0 aromatic heterocycles. The molecule has 0 radical (unpaired) electrons. The monoisotopic (exact) mass is 399 g/mol. The van der Waals surface area contributed by atoms with Crippen LogP contribution in [0.25, 0.3) is 0 Å². The number of nitrogens with one attached hydrogen (secondary N) is 1. The van der Waals surface area contributed by atoms with E-state index < -0.39 is 0 Å². The highest BCUT2D eigenvalue weighted by atomic mass is 16.5. The Balaban J connectivity index is 1.55. The summed E-state index contributed by atoms with van der Waals surface area (Å²) in [6, 6.07) is 0.128. The lowest BCUT2D eigenvalue weighted by Gasteiger charge is -2.58. The molecular weight excluding hydrogens is 362 g/mol. The largest absolute Gasteiger partial charge is 0.462 e. The summed E-state index contributed by atoms with van der Waals surface area (Å²) < 4.78 is 5.56. The summed E-state index contributed by atoms with van der Waals surface area (Å²) in [4.78, 5) is 23.0. The van der Waals surface area contributed by atoms with Gasteiger partial charge < -0.3 is 10.1 Å². The third-order valence-electron chi connectivity index (χ3n) is 8.92. The highest BCUT2D eigenvalue weighted by Crippen LogP contribution is 2.65. The SMILES string of the molecule is CC(=O)NC(C)C1=CC[C@H]2[C@@H]3CC=C4C[C@@H](OC(C)=O)CC[C@]4(C)[C@H]3CC[C@]12C. The number of carbonyl (C=O) groups is 2. The second kappa shape index (κ2) is 7.28. The summed E-state index contributed by atoms with van der Waals surface area (Å²) in [5.74, 6) is 2.02. The summed E-state index contributed by atoms with van der Waals surface area (Å²) in [6.07, 6.45) is 12.8. The van der Waals surface area contributed by atoms with Crippen LogP contribution in [0, 0.1) is 28.6 Å². The van der Waals surface area contributed by atoms with Gasteiger partial charge >= 0.3 is 5.97 Å². The summed E-state index contributed by atoms with van der Waals surface area (Å²) in [7, 11) is 0. The van der Waals surface area contributed by atoms with Crippen LogP contribution < -0.4 is 5.32 Å². The van der Waals surface area contributed by atoms with Crippen molar-refractivity contribution in [2.75, 3.05) is 0 Å². The van der Waals surface area contributed by atoms with Crippen LogP contribution >= 0.6 is 0 Å². The fourth-order valence-electron chi connectivity index (χ4n) is 7.62. The Kier molecular flexibility index (Phi) is 5.19. The first-order chi connectivity index (χ1) is 13.6. The van der Waals surface area contributed by atoms with Crippen LogP contribution in [0.15, 0.2) is 23.3 Å². The molecular formula is C25H37NO3. The van der Waals surface area contributed by atoms with E-state index in [0.29, 0.717) is 11.8 Å². The number of carbonyl (C=O) groups excluding carboxylic acids is 2. The van der Waals surface area contributed by atoms with E-state index in [1.54, 1.807) is 6.92 Å². The van der Waals surface area contributed by atoms with Gasteiger partial charge in [0.2, 0.25) is 5.91 Å². The minimum atomic E-state index is -0.154. The third kappa shape index (κ3) is 3.37. The molecule has 4 aliphatic rings. The fourth-order valence-corrected chi connectivity index (χ4v) is 7.62. The molecule has 0 bridgehead atoms. The van der Waals surface area contributed by atoms with Gasteiger partial charge in [-0.05, 0) is 79.6 Å². The van der Waals surface area contributed by atoms with Gasteiger partial charge in [0.1, 0.15) is 6.10 Å². The molecule has 1 N–H and O–H groups in total. The van der Waals surface area contributed by atoms with Crippen LogP contribution in [0.3, 0.4) is 0 Å². The van der Waals surface area contributed by atoms with Crippen molar-refractivity contribution in [1.29, 1.82) is 0 Å². The van der Waals surface area contributed by atoms with Gasteiger partial charge in [-0.2, -0.15) is 0 Å². The van der Waals surface area contributed by atoms with E-state index in [0.717, 1.165) is 38.0 Å². The van der Waals surface area contributed by atoms with Gasteiger partial charge in [-0.25, -0.2) is 0 Å². The van der Waals surface area contributed by atoms with Crippen LogP contribution in [0.4, 0.5) is 0 Å². The molecule has 1 unspecified atom stereocenters. The Morgan fingerprint density at radius 2 is 1.79 bits per heavy atom. The summed E-state index contributed by atoms with van der Waals surface area (Å²) in [6.45, 7) is 10.2. The van der Waals surface area contributed by atoms with Crippen LogP contribution in [-0.2, 0) is 14.3 Å². The predicted octanol–water partition coefficient (Wildman–Crippen LogP) is 4.94. The lowest BCUT2D eigenvalue weighted by atomic mass is 9.47. The first-order valence-electron chi connectivity index (χ1n) is 11.5. The lowest BCUT2D eigenvalue weighted by Crippen LogP contribution is -2.51. The second-order valence-electron chi connectivity index (χ2n) is 10.5. The topological polar surface area (TPSA) is 55.4 Å². The van der Waals surface area contributed by atoms with Crippen molar-refractivity contribution in [1.82, 2.24) is 5.32 Å². The molecule has 2 fully saturated rings. The Labute approximate surface area is 175 Å². The van der Waals surface area contributed by atoms with E-state index in [-0.39, 0.29) is 34.9 Å². The van der Waals surface area contributed by atoms with Crippen LogP contribution in [0.1, 0.15) is 79.6 Å². The molecule has 0 aromatic carbocycles. The second-order valence-corrected chi connectivity index (χ2v) is 10.5. The highest BCUT2D eigenvalue weighted by molar-refractivity contribution is 5.73. The Bertz CT molecular complexity index is 768. The molecule has 160 valence electrons. The van der Waals surface area contributed by atoms with Crippen molar-refractivity contribution in [3.63, 3.8) is 0 Å². The van der Waals surface area contributed by atoms with E-state index in [1.807, 2.05) is 0 Å². The maximum absolute atomic E-state index is 11.6. The molecule has 29 heavy (non-hydrogen) atoms. The molecule has 0 saturated heterocycles. The van der Waals surface area contributed by atoms with Gasteiger partial charge in [0.25, 0.3) is 0 Å². The lowest BCUT2D eigenvalue weighted by molar-refractivity contribution is -0.148. The van der Waals surface area contributed by atoms with Crippen LogP contribution in [0.5, 0.6) is 0 Å². The zero-order chi connectivity index (χ0) is 21.0. The molecule has 4 aliphatic carbocycles. The number of hydrogen-bond acceptors (Lipinski definition) is 3. The summed E-state index contributed by atoms with van der Waals surface area (Å²) in [5.41, 5.74) is 3.46. The quantitative estimate of drug-likeness (QED) is 0.540. The van der Waals surface area contributed by atoms with Gasteiger partial charge in [0.05, 0.1) is 0 Å². The van der Waals surface area contributed by atoms with Gasteiger partial charge in [0, 0.05) is 26.3 Å². The number of allylic oxidation sites excluding steroid dienone is 2. The molecule has 7 atom stereocenters. The van der Waals surface area contributed by atoms with Crippen molar-refractivity contribution in [3.8, 4) is 0 Å². The van der Waals surface area contributed by atoms with E-state index >= 15 is 0 Å². The van der Waals surface area contributed by atoms with Crippen molar-refractivity contribution in [2.45, 2.75) is 91.7 Å². The number of esters is 1. The molecule has 4 nitrogen and oxygen atoms in total. The average molecular weight is 400 g/mol. The van der Waals surface area contributed by atoms with Crippen molar-refractivity contribution in [2.24, 2.45) is 28.6 Å². The first kappa shape index (κ1) is 20.7. The molecule has 0 spiro atoms. The zero-order valence-corrected chi connectivity index (χ0v) is 18.7. The maximum atomic E-state index is 11.6. The van der Waals surface area contributed by atoms with Crippen molar-refractivity contribution in [3.05, 3.63) is 23.3 Å². The first-order valence-corrected chi connectivity index (χ1v) is 11.5. The smallest absolute Gasteiger partial charge is 0.302 e. The Hall–Kier alpha value is -1.58. The number of ether oxygens (including phenoxy) is 1.